The Morgan fingerprint density at radius 3 is 2.61 bits per heavy atom. The van der Waals surface area contributed by atoms with Crippen LogP contribution in [-0.4, -0.2) is 25.5 Å². The Labute approximate surface area is 105 Å². The van der Waals surface area contributed by atoms with Crippen LogP contribution in [0.4, 0.5) is 8.78 Å². The van der Waals surface area contributed by atoms with Gasteiger partial charge in [0.2, 0.25) is 0 Å². The molecule has 0 bridgehead atoms. The van der Waals surface area contributed by atoms with E-state index in [-0.39, 0.29) is 11.5 Å². The molecule has 1 fully saturated rings. The molecule has 1 heterocycles. The standard InChI is InChI=1S/C12H15F2NO2S/c1-12(4-5-18(16,17)8-12)15-7-9-2-3-10(13)11(14)6-9/h2-3,6,15H,4-5,7-8H2,1H3. The smallest absolute Gasteiger partial charge is 0.159 e. The van der Waals surface area contributed by atoms with Crippen LogP contribution in [0.15, 0.2) is 18.2 Å². The topological polar surface area (TPSA) is 46.2 Å². The van der Waals surface area contributed by atoms with Crippen LogP contribution in [0.25, 0.3) is 0 Å². The van der Waals surface area contributed by atoms with E-state index >= 15 is 0 Å². The molecule has 1 N–H and O–H groups in total. The molecule has 6 heteroatoms. The van der Waals surface area contributed by atoms with Gasteiger partial charge in [0.25, 0.3) is 0 Å². The summed E-state index contributed by atoms with van der Waals surface area (Å²) in [5, 5.41) is 3.11. The zero-order valence-corrected chi connectivity index (χ0v) is 10.9. The summed E-state index contributed by atoms with van der Waals surface area (Å²) in [4.78, 5) is 0. The number of hydrogen-bond acceptors (Lipinski definition) is 3. The van der Waals surface area contributed by atoms with Crippen molar-refractivity contribution in [2.75, 3.05) is 11.5 Å². The fraction of sp³-hybridized carbons (Fsp3) is 0.500. The number of nitrogens with one attached hydrogen (secondary N) is 1. The number of benzene rings is 1. The highest BCUT2D eigenvalue weighted by Crippen LogP contribution is 2.23. The van der Waals surface area contributed by atoms with E-state index in [1.54, 1.807) is 0 Å². The second-order valence-electron chi connectivity index (χ2n) is 5.00. The average molecular weight is 275 g/mol. The van der Waals surface area contributed by atoms with Crippen LogP contribution in [0.5, 0.6) is 0 Å². The molecular weight excluding hydrogens is 260 g/mol. The van der Waals surface area contributed by atoms with Gasteiger partial charge < -0.3 is 5.32 Å². The number of halogens is 2. The molecule has 100 valence electrons. The summed E-state index contributed by atoms with van der Waals surface area (Å²) >= 11 is 0. The van der Waals surface area contributed by atoms with Crippen molar-refractivity contribution in [3.63, 3.8) is 0 Å². The van der Waals surface area contributed by atoms with Crippen molar-refractivity contribution in [1.29, 1.82) is 0 Å². The van der Waals surface area contributed by atoms with Crippen molar-refractivity contribution < 1.29 is 17.2 Å². The van der Waals surface area contributed by atoms with E-state index in [0.717, 1.165) is 12.1 Å². The quantitative estimate of drug-likeness (QED) is 0.912. The molecule has 1 unspecified atom stereocenters. The molecule has 1 aliphatic heterocycles. The Bertz CT molecular complexity index is 559. The second-order valence-corrected chi connectivity index (χ2v) is 7.19. The van der Waals surface area contributed by atoms with E-state index in [2.05, 4.69) is 5.32 Å². The van der Waals surface area contributed by atoms with Crippen molar-refractivity contribution >= 4 is 9.84 Å². The fourth-order valence-electron chi connectivity index (χ4n) is 2.11. The Balaban J connectivity index is 2.02. The third kappa shape index (κ3) is 3.05. The maximum Gasteiger partial charge on any atom is 0.159 e. The van der Waals surface area contributed by atoms with Crippen molar-refractivity contribution in [2.45, 2.75) is 25.4 Å². The summed E-state index contributed by atoms with van der Waals surface area (Å²) in [5.41, 5.74) is 0.114. The molecule has 0 saturated carbocycles. The molecule has 0 aliphatic carbocycles. The maximum atomic E-state index is 13.0. The van der Waals surface area contributed by atoms with Gasteiger partial charge in [-0.25, -0.2) is 17.2 Å². The van der Waals surface area contributed by atoms with Gasteiger partial charge in [-0.05, 0) is 31.0 Å². The molecule has 3 nitrogen and oxygen atoms in total. The molecule has 1 aromatic carbocycles. The molecule has 0 spiro atoms. The number of rotatable bonds is 3. The summed E-state index contributed by atoms with van der Waals surface area (Å²) in [5.74, 6) is -1.51. The Kier molecular flexibility index (Phi) is 3.42. The lowest BCUT2D eigenvalue weighted by molar-refractivity contribution is 0.394. The molecule has 0 aromatic heterocycles. The summed E-state index contributed by atoms with van der Waals surface area (Å²) in [6.45, 7) is 2.15. The maximum absolute atomic E-state index is 13.0. The Morgan fingerprint density at radius 1 is 1.33 bits per heavy atom. The van der Waals surface area contributed by atoms with Crippen LogP contribution in [0.1, 0.15) is 18.9 Å². The van der Waals surface area contributed by atoms with E-state index in [4.69, 9.17) is 0 Å². The van der Waals surface area contributed by atoms with Crippen molar-refractivity contribution in [3.05, 3.63) is 35.4 Å². The minimum atomic E-state index is -2.97. The Morgan fingerprint density at radius 2 is 2.06 bits per heavy atom. The van der Waals surface area contributed by atoms with Gasteiger partial charge in [-0.15, -0.1) is 0 Å². The SMILES string of the molecule is CC1(NCc2ccc(F)c(F)c2)CCS(=O)(=O)C1. The van der Waals surface area contributed by atoms with E-state index < -0.39 is 27.0 Å². The summed E-state index contributed by atoms with van der Waals surface area (Å²) in [6.07, 6.45) is 0.541. The van der Waals surface area contributed by atoms with E-state index in [1.165, 1.54) is 6.07 Å². The predicted octanol–water partition coefficient (Wildman–Crippen LogP) is 1.63. The van der Waals surface area contributed by atoms with Gasteiger partial charge >= 0.3 is 0 Å². The van der Waals surface area contributed by atoms with E-state index in [0.29, 0.717) is 18.5 Å². The summed E-state index contributed by atoms with van der Waals surface area (Å²) < 4.78 is 48.6. The first kappa shape index (κ1) is 13.4. The highest BCUT2D eigenvalue weighted by molar-refractivity contribution is 7.91. The third-order valence-corrected chi connectivity index (χ3v) is 5.11. The predicted molar refractivity (Wildman–Crippen MR) is 64.9 cm³/mol. The Hall–Kier alpha value is -1.01. The third-order valence-electron chi connectivity index (χ3n) is 3.21. The van der Waals surface area contributed by atoms with Crippen LogP contribution >= 0.6 is 0 Å². The molecule has 2 rings (SSSR count). The van der Waals surface area contributed by atoms with Gasteiger partial charge in [0.15, 0.2) is 21.5 Å². The minimum Gasteiger partial charge on any atom is -0.306 e. The first-order valence-corrected chi connectivity index (χ1v) is 7.51. The van der Waals surface area contributed by atoms with E-state index in [9.17, 15) is 17.2 Å². The molecule has 18 heavy (non-hydrogen) atoms. The van der Waals surface area contributed by atoms with Gasteiger partial charge in [-0.2, -0.15) is 0 Å². The van der Waals surface area contributed by atoms with Crippen LogP contribution in [0.2, 0.25) is 0 Å². The lowest BCUT2D eigenvalue weighted by Gasteiger charge is -2.24. The highest BCUT2D eigenvalue weighted by atomic mass is 32.2. The van der Waals surface area contributed by atoms with Gasteiger partial charge in [0.1, 0.15) is 0 Å². The van der Waals surface area contributed by atoms with Gasteiger partial charge in [-0.1, -0.05) is 6.07 Å². The van der Waals surface area contributed by atoms with Gasteiger partial charge in [0, 0.05) is 12.1 Å². The first-order valence-electron chi connectivity index (χ1n) is 5.69. The van der Waals surface area contributed by atoms with Crippen molar-refractivity contribution in [1.82, 2.24) is 5.32 Å². The average Bonchev–Trinajstić information content (AvgIpc) is 2.56. The van der Waals surface area contributed by atoms with Gasteiger partial charge in [-0.3, -0.25) is 0 Å². The minimum absolute atomic E-state index is 0.0870. The van der Waals surface area contributed by atoms with Crippen LogP contribution in [0.3, 0.4) is 0 Å². The lowest BCUT2D eigenvalue weighted by atomic mass is 10.0. The van der Waals surface area contributed by atoms with Crippen molar-refractivity contribution in [2.24, 2.45) is 0 Å². The fourth-order valence-corrected chi connectivity index (χ4v) is 4.24. The van der Waals surface area contributed by atoms with Crippen LogP contribution in [0, 0.1) is 11.6 Å². The van der Waals surface area contributed by atoms with Crippen LogP contribution < -0.4 is 5.32 Å². The zero-order valence-electron chi connectivity index (χ0n) is 10.0. The lowest BCUT2D eigenvalue weighted by Crippen LogP contribution is -2.42. The summed E-state index contributed by atoms with van der Waals surface area (Å²) in [6, 6.07) is 3.67. The molecule has 1 atom stereocenters. The molecule has 1 aliphatic rings. The number of sulfone groups is 1. The monoisotopic (exact) mass is 275 g/mol. The summed E-state index contributed by atoms with van der Waals surface area (Å²) in [7, 11) is -2.97. The van der Waals surface area contributed by atoms with Gasteiger partial charge in [0.05, 0.1) is 11.5 Å². The van der Waals surface area contributed by atoms with E-state index in [1.807, 2.05) is 6.92 Å². The second kappa shape index (κ2) is 4.59. The molecular formula is C12H15F2NO2S. The molecule has 0 amide bonds. The molecule has 1 saturated heterocycles. The first-order chi connectivity index (χ1) is 8.30. The normalized spacial score (nSPS) is 26.4. The number of hydrogen-bond donors (Lipinski definition) is 1. The van der Waals surface area contributed by atoms with Crippen molar-refractivity contribution in [3.8, 4) is 0 Å². The largest absolute Gasteiger partial charge is 0.306 e. The molecule has 1 aromatic rings. The molecule has 0 radical (unpaired) electrons. The highest BCUT2D eigenvalue weighted by Gasteiger charge is 2.37. The van der Waals surface area contributed by atoms with Crippen LogP contribution in [-0.2, 0) is 16.4 Å². The zero-order chi connectivity index (χ0) is 13.4.